The Balaban J connectivity index is 1.37. The van der Waals surface area contributed by atoms with Gasteiger partial charge in [-0.15, -0.1) is 22.7 Å². The third-order valence-electron chi connectivity index (χ3n) is 5.12. The summed E-state index contributed by atoms with van der Waals surface area (Å²) in [5.41, 5.74) is 1.45. The maximum absolute atomic E-state index is 12.3. The van der Waals surface area contributed by atoms with Crippen LogP contribution in [-0.4, -0.2) is 21.6 Å². The number of aromatic nitrogens is 2. The summed E-state index contributed by atoms with van der Waals surface area (Å²) < 4.78 is 0. The first-order chi connectivity index (χ1) is 13.3. The molecule has 3 aromatic rings. The standard InChI is InChI=1S/C20H21N3OS3/c24-16(21-10-13-4-3-9-25-13)11-26-19-17-14-5-1-2-6-15(14)27-20(17)23-18(22-19)12-7-8-12/h3-4,9,12H,1-2,5-8,10-11H2,(H,21,24). The van der Waals surface area contributed by atoms with E-state index in [2.05, 4.69) is 5.32 Å². The molecular formula is C20H21N3OS3. The number of carbonyl (C=O) groups excluding carboxylic acids is 1. The summed E-state index contributed by atoms with van der Waals surface area (Å²) in [6, 6.07) is 4.06. The Morgan fingerprint density at radius 1 is 1.26 bits per heavy atom. The summed E-state index contributed by atoms with van der Waals surface area (Å²) in [4.78, 5) is 25.9. The molecule has 7 heteroatoms. The van der Waals surface area contributed by atoms with E-state index in [1.807, 2.05) is 28.8 Å². The molecular weight excluding hydrogens is 394 g/mol. The van der Waals surface area contributed by atoms with Gasteiger partial charge in [-0.1, -0.05) is 17.8 Å². The van der Waals surface area contributed by atoms with Gasteiger partial charge in [0.05, 0.1) is 12.3 Å². The molecule has 2 aliphatic rings. The van der Waals surface area contributed by atoms with E-state index >= 15 is 0 Å². The Hall–Kier alpha value is -1.44. The number of nitrogens with one attached hydrogen (secondary N) is 1. The minimum absolute atomic E-state index is 0.0669. The third kappa shape index (κ3) is 3.77. The molecule has 140 valence electrons. The van der Waals surface area contributed by atoms with Gasteiger partial charge in [0.25, 0.3) is 0 Å². The lowest BCUT2D eigenvalue weighted by molar-refractivity contribution is -0.118. The lowest BCUT2D eigenvalue weighted by atomic mass is 9.97. The molecule has 0 bridgehead atoms. The molecule has 1 amide bonds. The van der Waals surface area contributed by atoms with Crippen molar-refractivity contribution in [3.05, 3.63) is 38.7 Å². The average molecular weight is 416 g/mol. The zero-order chi connectivity index (χ0) is 18.2. The molecule has 0 aromatic carbocycles. The maximum atomic E-state index is 12.3. The highest BCUT2D eigenvalue weighted by atomic mass is 32.2. The summed E-state index contributed by atoms with van der Waals surface area (Å²) in [7, 11) is 0. The molecule has 0 saturated heterocycles. The monoisotopic (exact) mass is 415 g/mol. The molecule has 0 aliphatic heterocycles. The van der Waals surface area contributed by atoms with Gasteiger partial charge < -0.3 is 5.32 Å². The first-order valence-electron chi connectivity index (χ1n) is 9.52. The largest absolute Gasteiger partial charge is 0.350 e. The van der Waals surface area contributed by atoms with E-state index in [4.69, 9.17) is 9.97 Å². The van der Waals surface area contributed by atoms with Gasteiger partial charge in [0, 0.05) is 21.1 Å². The number of hydrogen-bond donors (Lipinski definition) is 1. The number of thioether (sulfide) groups is 1. The van der Waals surface area contributed by atoms with E-state index in [-0.39, 0.29) is 5.91 Å². The van der Waals surface area contributed by atoms with Crippen molar-refractivity contribution in [1.82, 2.24) is 15.3 Å². The maximum Gasteiger partial charge on any atom is 0.230 e. The van der Waals surface area contributed by atoms with Crippen LogP contribution in [0.15, 0.2) is 22.5 Å². The summed E-state index contributed by atoms with van der Waals surface area (Å²) in [6.45, 7) is 0.609. The molecule has 5 rings (SSSR count). The van der Waals surface area contributed by atoms with Crippen molar-refractivity contribution in [1.29, 1.82) is 0 Å². The summed E-state index contributed by atoms with van der Waals surface area (Å²) in [5.74, 6) is 1.99. The molecule has 1 fully saturated rings. The third-order valence-corrected chi connectivity index (χ3v) is 8.16. The fourth-order valence-corrected chi connectivity index (χ4v) is 6.42. The lowest BCUT2D eigenvalue weighted by Crippen LogP contribution is -2.24. The molecule has 0 radical (unpaired) electrons. The van der Waals surface area contributed by atoms with Crippen LogP contribution in [0.25, 0.3) is 10.2 Å². The van der Waals surface area contributed by atoms with Gasteiger partial charge in [0.1, 0.15) is 15.7 Å². The van der Waals surface area contributed by atoms with Crippen LogP contribution in [0.4, 0.5) is 0 Å². The van der Waals surface area contributed by atoms with Gasteiger partial charge in [-0.25, -0.2) is 9.97 Å². The average Bonchev–Trinajstić information content (AvgIpc) is 3.27. The molecule has 0 spiro atoms. The van der Waals surface area contributed by atoms with E-state index in [1.54, 1.807) is 23.1 Å². The van der Waals surface area contributed by atoms with Crippen molar-refractivity contribution in [2.45, 2.75) is 56.0 Å². The van der Waals surface area contributed by atoms with Gasteiger partial charge in [0.15, 0.2) is 0 Å². The number of hydrogen-bond acceptors (Lipinski definition) is 6. The molecule has 1 N–H and O–H groups in total. The molecule has 1 saturated carbocycles. The number of fused-ring (bicyclic) bond motifs is 3. The topological polar surface area (TPSA) is 54.9 Å². The summed E-state index contributed by atoms with van der Waals surface area (Å²) in [5, 5.41) is 7.31. The molecule has 27 heavy (non-hydrogen) atoms. The van der Waals surface area contributed by atoms with Gasteiger partial charge in [-0.3, -0.25) is 4.79 Å². The summed E-state index contributed by atoms with van der Waals surface area (Å²) in [6.07, 6.45) is 7.20. The van der Waals surface area contributed by atoms with Crippen LogP contribution in [0.1, 0.15) is 52.7 Å². The van der Waals surface area contributed by atoms with Crippen molar-refractivity contribution >= 4 is 50.6 Å². The summed E-state index contributed by atoms with van der Waals surface area (Å²) >= 11 is 5.10. The fourth-order valence-electron chi connectivity index (χ4n) is 3.55. The van der Waals surface area contributed by atoms with Gasteiger partial charge in [0.2, 0.25) is 5.91 Å². The first-order valence-corrected chi connectivity index (χ1v) is 12.2. The van der Waals surface area contributed by atoms with E-state index in [1.165, 1.54) is 52.8 Å². The minimum Gasteiger partial charge on any atom is -0.350 e. The molecule has 0 atom stereocenters. The van der Waals surface area contributed by atoms with Crippen LogP contribution in [0.5, 0.6) is 0 Å². The quantitative estimate of drug-likeness (QED) is 0.459. The molecule has 3 aromatic heterocycles. The fraction of sp³-hybridized carbons (Fsp3) is 0.450. The van der Waals surface area contributed by atoms with Crippen LogP contribution in [0.3, 0.4) is 0 Å². The molecule has 2 aliphatic carbocycles. The number of rotatable bonds is 6. The Morgan fingerprint density at radius 3 is 2.96 bits per heavy atom. The van der Waals surface area contributed by atoms with Crippen molar-refractivity contribution in [2.24, 2.45) is 0 Å². The van der Waals surface area contributed by atoms with E-state index in [9.17, 15) is 4.79 Å². The number of thiophene rings is 2. The first kappa shape index (κ1) is 17.6. The van der Waals surface area contributed by atoms with Crippen LogP contribution < -0.4 is 5.32 Å². The van der Waals surface area contributed by atoms with Crippen molar-refractivity contribution in [2.75, 3.05) is 5.75 Å². The zero-order valence-corrected chi connectivity index (χ0v) is 17.4. The minimum atomic E-state index is 0.0669. The highest BCUT2D eigenvalue weighted by Crippen LogP contribution is 2.43. The smallest absolute Gasteiger partial charge is 0.230 e. The number of carbonyl (C=O) groups is 1. The SMILES string of the molecule is O=C(CSc1nc(C2CC2)nc2sc3c(c12)CCCC3)NCc1cccs1. The highest BCUT2D eigenvalue weighted by Gasteiger charge is 2.29. The number of aryl methyl sites for hydroxylation is 2. The Morgan fingerprint density at radius 2 is 2.15 bits per heavy atom. The number of amides is 1. The van der Waals surface area contributed by atoms with E-state index < -0.39 is 0 Å². The highest BCUT2D eigenvalue weighted by molar-refractivity contribution is 8.00. The second kappa shape index (κ2) is 7.53. The van der Waals surface area contributed by atoms with Crippen LogP contribution >= 0.6 is 34.4 Å². The van der Waals surface area contributed by atoms with Crippen LogP contribution in [0.2, 0.25) is 0 Å². The van der Waals surface area contributed by atoms with Crippen LogP contribution in [-0.2, 0) is 24.2 Å². The van der Waals surface area contributed by atoms with E-state index in [0.717, 1.165) is 22.1 Å². The van der Waals surface area contributed by atoms with E-state index in [0.29, 0.717) is 18.2 Å². The normalized spacial score (nSPS) is 16.4. The van der Waals surface area contributed by atoms with Crippen LogP contribution in [0, 0.1) is 0 Å². The second-order valence-electron chi connectivity index (χ2n) is 7.20. The molecule has 0 unspecified atom stereocenters. The van der Waals surface area contributed by atoms with Gasteiger partial charge >= 0.3 is 0 Å². The second-order valence-corrected chi connectivity index (χ2v) is 10.3. The number of nitrogens with zero attached hydrogens (tertiary/aromatic N) is 2. The van der Waals surface area contributed by atoms with Crippen molar-refractivity contribution in [3.63, 3.8) is 0 Å². The molecule has 4 nitrogen and oxygen atoms in total. The molecule has 3 heterocycles. The van der Waals surface area contributed by atoms with Crippen molar-refractivity contribution < 1.29 is 4.79 Å². The Labute approximate surface area is 170 Å². The van der Waals surface area contributed by atoms with Gasteiger partial charge in [-0.05, 0) is 55.5 Å². The Bertz CT molecular complexity index is 976. The predicted molar refractivity (Wildman–Crippen MR) is 113 cm³/mol. The lowest BCUT2D eigenvalue weighted by Gasteiger charge is -2.12. The Kier molecular flexibility index (Phi) is 4.92. The predicted octanol–water partition coefficient (Wildman–Crippen LogP) is 4.92. The van der Waals surface area contributed by atoms with Gasteiger partial charge in [-0.2, -0.15) is 0 Å². The zero-order valence-electron chi connectivity index (χ0n) is 15.0. The van der Waals surface area contributed by atoms with Crippen molar-refractivity contribution in [3.8, 4) is 0 Å².